The summed E-state index contributed by atoms with van der Waals surface area (Å²) in [5.74, 6) is 1.97. The molecule has 3 aromatic rings. The summed E-state index contributed by atoms with van der Waals surface area (Å²) in [5.41, 5.74) is 1.61. The number of benzene rings is 2. The molecular formula is C26H31N3O4. The average molecular weight is 450 g/mol. The number of amides is 3. The van der Waals surface area contributed by atoms with Crippen molar-refractivity contribution in [2.24, 2.45) is 0 Å². The number of urea groups is 1. The smallest absolute Gasteiger partial charge is 0.322 e. The van der Waals surface area contributed by atoms with Gasteiger partial charge < -0.3 is 24.3 Å². The number of carbonyl (C=O) groups is 2. The minimum atomic E-state index is -0.347. The third-order valence-corrected chi connectivity index (χ3v) is 5.22. The van der Waals surface area contributed by atoms with Gasteiger partial charge in [0.05, 0.1) is 13.7 Å². The van der Waals surface area contributed by atoms with Crippen molar-refractivity contribution in [3.63, 3.8) is 0 Å². The van der Waals surface area contributed by atoms with Gasteiger partial charge in [0.1, 0.15) is 23.8 Å². The highest BCUT2D eigenvalue weighted by molar-refractivity contribution is 5.92. The number of rotatable bonds is 9. The zero-order valence-electron chi connectivity index (χ0n) is 19.6. The average Bonchev–Trinajstić information content (AvgIpc) is 3.21. The Balaban J connectivity index is 1.75. The highest BCUT2D eigenvalue weighted by atomic mass is 16.5. The highest BCUT2D eigenvalue weighted by Gasteiger charge is 2.24. The SMILES string of the molecule is COc1cccc(NC(=O)N(CC(=O)N(Cc2ccccc2)Cc2ccc(C)o2)C(C)C)c1. The van der Waals surface area contributed by atoms with Crippen LogP contribution in [-0.2, 0) is 17.9 Å². The lowest BCUT2D eigenvalue weighted by Crippen LogP contribution is -2.47. The molecule has 2 aromatic carbocycles. The van der Waals surface area contributed by atoms with Gasteiger partial charge in [-0.1, -0.05) is 36.4 Å². The van der Waals surface area contributed by atoms with Gasteiger partial charge in [0.15, 0.2) is 0 Å². The Morgan fingerprint density at radius 3 is 2.39 bits per heavy atom. The van der Waals surface area contributed by atoms with E-state index < -0.39 is 0 Å². The van der Waals surface area contributed by atoms with Crippen molar-refractivity contribution in [3.8, 4) is 5.75 Å². The number of hydrogen-bond acceptors (Lipinski definition) is 4. The summed E-state index contributed by atoms with van der Waals surface area (Å²) in [6.07, 6.45) is 0. The van der Waals surface area contributed by atoms with Gasteiger partial charge in [0.2, 0.25) is 5.91 Å². The molecule has 0 radical (unpaired) electrons. The van der Waals surface area contributed by atoms with Gasteiger partial charge >= 0.3 is 6.03 Å². The molecule has 0 bridgehead atoms. The van der Waals surface area contributed by atoms with Gasteiger partial charge in [-0.05, 0) is 50.6 Å². The molecule has 1 aromatic heterocycles. The van der Waals surface area contributed by atoms with Crippen LogP contribution in [0.5, 0.6) is 5.75 Å². The normalized spacial score (nSPS) is 10.7. The predicted molar refractivity (Wildman–Crippen MR) is 128 cm³/mol. The van der Waals surface area contributed by atoms with Crippen molar-refractivity contribution in [3.05, 3.63) is 83.8 Å². The highest BCUT2D eigenvalue weighted by Crippen LogP contribution is 2.18. The molecule has 174 valence electrons. The van der Waals surface area contributed by atoms with Crippen molar-refractivity contribution >= 4 is 17.6 Å². The Morgan fingerprint density at radius 2 is 1.76 bits per heavy atom. The van der Waals surface area contributed by atoms with E-state index in [1.807, 2.05) is 63.2 Å². The van der Waals surface area contributed by atoms with Crippen molar-refractivity contribution < 1.29 is 18.7 Å². The molecule has 0 saturated carbocycles. The van der Waals surface area contributed by atoms with E-state index in [9.17, 15) is 9.59 Å². The molecule has 0 aliphatic carbocycles. The lowest BCUT2D eigenvalue weighted by molar-refractivity contribution is -0.133. The summed E-state index contributed by atoms with van der Waals surface area (Å²) in [6, 6.07) is 20.1. The minimum absolute atomic E-state index is 0.0556. The molecule has 7 nitrogen and oxygen atoms in total. The molecule has 0 unspecified atom stereocenters. The largest absolute Gasteiger partial charge is 0.497 e. The van der Waals surface area contributed by atoms with Crippen molar-refractivity contribution in [1.82, 2.24) is 9.80 Å². The van der Waals surface area contributed by atoms with Crippen LogP contribution in [0.3, 0.4) is 0 Å². The number of carbonyl (C=O) groups excluding carboxylic acids is 2. The third-order valence-electron chi connectivity index (χ3n) is 5.22. The fourth-order valence-electron chi connectivity index (χ4n) is 3.42. The lowest BCUT2D eigenvalue weighted by atomic mass is 10.2. The van der Waals surface area contributed by atoms with Crippen LogP contribution < -0.4 is 10.1 Å². The summed E-state index contributed by atoms with van der Waals surface area (Å²) >= 11 is 0. The molecule has 0 aliphatic heterocycles. The third kappa shape index (κ3) is 6.87. The Morgan fingerprint density at radius 1 is 1.00 bits per heavy atom. The Labute approximate surface area is 194 Å². The minimum Gasteiger partial charge on any atom is -0.497 e. The summed E-state index contributed by atoms with van der Waals surface area (Å²) in [6.45, 7) is 6.33. The molecule has 1 heterocycles. The number of anilines is 1. The summed E-state index contributed by atoms with van der Waals surface area (Å²) in [7, 11) is 1.57. The number of nitrogens with zero attached hydrogens (tertiary/aromatic N) is 2. The fourth-order valence-corrected chi connectivity index (χ4v) is 3.42. The number of methoxy groups -OCH3 is 1. The molecular weight excluding hydrogens is 418 g/mol. The van der Waals surface area contributed by atoms with Crippen LogP contribution in [0.4, 0.5) is 10.5 Å². The zero-order chi connectivity index (χ0) is 23.8. The van der Waals surface area contributed by atoms with E-state index in [0.29, 0.717) is 30.3 Å². The molecule has 7 heteroatoms. The molecule has 0 atom stereocenters. The number of aryl methyl sites for hydroxylation is 1. The van der Waals surface area contributed by atoms with Crippen LogP contribution in [-0.4, -0.2) is 41.4 Å². The fraction of sp³-hybridized carbons (Fsp3) is 0.308. The summed E-state index contributed by atoms with van der Waals surface area (Å²) in [5, 5.41) is 2.86. The standard InChI is InChI=1S/C26H31N3O4/c1-19(2)29(26(31)27-22-11-8-12-23(15-22)32-4)18-25(30)28(16-21-9-6-5-7-10-21)17-24-14-13-20(3)33-24/h5-15,19H,16-18H2,1-4H3,(H,27,31). The molecule has 0 aliphatic rings. The molecule has 0 spiro atoms. The van der Waals surface area contributed by atoms with Crippen LogP contribution in [0.2, 0.25) is 0 Å². The molecule has 3 amide bonds. The topological polar surface area (TPSA) is 75.0 Å². The maximum atomic E-state index is 13.4. The predicted octanol–water partition coefficient (Wildman–Crippen LogP) is 5.07. The molecule has 3 rings (SSSR count). The number of nitrogens with one attached hydrogen (secondary N) is 1. The second kappa shape index (κ2) is 11.2. The van der Waals surface area contributed by atoms with Crippen LogP contribution in [0, 0.1) is 6.92 Å². The quantitative estimate of drug-likeness (QED) is 0.495. The van der Waals surface area contributed by atoms with Crippen molar-refractivity contribution in [2.45, 2.75) is 39.9 Å². The number of ether oxygens (including phenoxy) is 1. The summed E-state index contributed by atoms with van der Waals surface area (Å²) < 4.78 is 10.9. The van der Waals surface area contributed by atoms with Crippen molar-refractivity contribution in [1.29, 1.82) is 0 Å². The van der Waals surface area contributed by atoms with Crippen LogP contribution >= 0.6 is 0 Å². The van der Waals surface area contributed by atoms with Crippen LogP contribution in [0.1, 0.15) is 30.9 Å². The van der Waals surface area contributed by atoms with Crippen LogP contribution in [0.15, 0.2) is 71.1 Å². The van der Waals surface area contributed by atoms with E-state index in [0.717, 1.165) is 11.3 Å². The Kier molecular flexibility index (Phi) is 8.13. The van der Waals surface area contributed by atoms with Gasteiger partial charge in [-0.15, -0.1) is 0 Å². The Hall–Kier alpha value is -3.74. The van der Waals surface area contributed by atoms with Gasteiger partial charge in [0, 0.05) is 24.3 Å². The lowest BCUT2D eigenvalue weighted by Gasteiger charge is -2.30. The van der Waals surface area contributed by atoms with Gasteiger partial charge in [0.25, 0.3) is 0 Å². The first kappa shape index (κ1) is 23.9. The first-order valence-electron chi connectivity index (χ1n) is 10.9. The van der Waals surface area contributed by atoms with Gasteiger partial charge in [-0.25, -0.2) is 4.79 Å². The second-order valence-corrected chi connectivity index (χ2v) is 8.13. The first-order valence-corrected chi connectivity index (χ1v) is 10.9. The first-order chi connectivity index (χ1) is 15.9. The van der Waals surface area contributed by atoms with Crippen molar-refractivity contribution in [2.75, 3.05) is 19.0 Å². The monoisotopic (exact) mass is 449 g/mol. The van der Waals surface area contributed by atoms with Gasteiger partial charge in [-0.3, -0.25) is 4.79 Å². The number of furan rings is 1. The van der Waals surface area contributed by atoms with E-state index in [2.05, 4.69) is 5.32 Å². The van der Waals surface area contributed by atoms with E-state index in [4.69, 9.17) is 9.15 Å². The molecule has 1 N–H and O–H groups in total. The van der Waals surface area contributed by atoms with E-state index in [1.54, 1.807) is 36.3 Å². The number of hydrogen-bond donors (Lipinski definition) is 1. The summed E-state index contributed by atoms with van der Waals surface area (Å²) in [4.78, 5) is 29.6. The van der Waals surface area contributed by atoms with E-state index in [1.165, 1.54) is 4.90 Å². The maximum Gasteiger partial charge on any atom is 0.322 e. The molecule has 33 heavy (non-hydrogen) atoms. The van der Waals surface area contributed by atoms with Crippen LogP contribution in [0.25, 0.3) is 0 Å². The second-order valence-electron chi connectivity index (χ2n) is 8.13. The Bertz CT molecular complexity index is 1060. The zero-order valence-corrected chi connectivity index (χ0v) is 19.6. The van der Waals surface area contributed by atoms with E-state index in [-0.39, 0.29) is 24.5 Å². The molecule has 0 fully saturated rings. The molecule has 0 saturated heterocycles. The van der Waals surface area contributed by atoms with Gasteiger partial charge in [-0.2, -0.15) is 0 Å². The van der Waals surface area contributed by atoms with E-state index >= 15 is 0 Å². The maximum absolute atomic E-state index is 13.4.